The summed E-state index contributed by atoms with van der Waals surface area (Å²) >= 11 is 0. The van der Waals surface area contributed by atoms with Crippen LogP contribution >= 0.6 is 24.8 Å². The van der Waals surface area contributed by atoms with Crippen molar-refractivity contribution in [3.63, 3.8) is 0 Å². The van der Waals surface area contributed by atoms with E-state index in [4.69, 9.17) is 10.5 Å². The van der Waals surface area contributed by atoms with Crippen LogP contribution in [0.2, 0.25) is 0 Å². The molecule has 1 amide bonds. The number of para-hydroxylation sites is 1. The van der Waals surface area contributed by atoms with Crippen LogP contribution in [0.1, 0.15) is 24.9 Å². The van der Waals surface area contributed by atoms with Crippen molar-refractivity contribution in [2.75, 3.05) is 13.2 Å². The number of ether oxygens (including phenoxy) is 1. The Morgan fingerprint density at radius 2 is 1.79 bits per heavy atom. The predicted octanol–water partition coefficient (Wildman–Crippen LogP) is 4.30. The Balaban J connectivity index is 0.00000210. The first-order chi connectivity index (χ1) is 13.2. The molecule has 29 heavy (non-hydrogen) atoms. The summed E-state index contributed by atoms with van der Waals surface area (Å²) in [5, 5.41) is 3.99. The smallest absolute Gasteiger partial charge is 0.224 e. The molecule has 0 aliphatic carbocycles. The quantitative estimate of drug-likeness (QED) is 0.517. The van der Waals surface area contributed by atoms with Crippen molar-refractivity contribution in [1.82, 2.24) is 10.3 Å². The van der Waals surface area contributed by atoms with Gasteiger partial charge in [-0.1, -0.05) is 55.5 Å². The van der Waals surface area contributed by atoms with Crippen LogP contribution in [-0.2, 0) is 4.79 Å². The van der Waals surface area contributed by atoms with Crippen LogP contribution in [0.25, 0.3) is 10.9 Å². The van der Waals surface area contributed by atoms with Crippen LogP contribution < -0.4 is 15.8 Å². The lowest BCUT2D eigenvalue weighted by Crippen LogP contribution is -2.36. The second kappa shape index (κ2) is 12.3. The third-order valence-electron chi connectivity index (χ3n) is 4.61. The molecule has 0 saturated carbocycles. The van der Waals surface area contributed by atoms with Crippen molar-refractivity contribution >= 4 is 41.6 Å². The normalized spacial score (nSPS) is 12.2. The minimum atomic E-state index is -0.316. The van der Waals surface area contributed by atoms with Crippen molar-refractivity contribution < 1.29 is 9.53 Å². The molecule has 2 aromatic carbocycles. The maximum Gasteiger partial charge on any atom is 0.224 e. The lowest BCUT2D eigenvalue weighted by atomic mass is 9.95. The van der Waals surface area contributed by atoms with E-state index in [0.29, 0.717) is 19.6 Å². The van der Waals surface area contributed by atoms with Crippen molar-refractivity contribution in [2.45, 2.75) is 19.4 Å². The molecule has 2 atom stereocenters. The first kappa shape index (κ1) is 24.7. The maximum absolute atomic E-state index is 12.3. The van der Waals surface area contributed by atoms with E-state index >= 15 is 0 Å². The number of hydrogen-bond acceptors (Lipinski definition) is 4. The number of halogens is 2. The number of aromatic nitrogens is 1. The van der Waals surface area contributed by atoms with Crippen molar-refractivity contribution in [2.24, 2.45) is 11.7 Å². The minimum Gasteiger partial charge on any atom is -0.491 e. The van der Waals surface area contributed by atoms with E-state index in [1.807, 2.05) is 67.6 Å². The Bertz CT molecular complexity index is 888. The summed E-state index contributed by atoms with van der Waals surface area (Å²) in [5.41, 5.74) is 8.02. The summed E-state index contributed by atoms with van der Waals surface area (Å²) in [4.78, 5) is 16.7. The molecule has 3 N–H and O–H groups in total. The topological polar surface area (TPSA) is 77.2 Å². The van der Waals surface area contributed by atoms with Gasteiger partial charge in [-0.05, 0) is 24.1 Å². The molecule has 7 heteroatoms. The molecule has 3 rings (SSSR count). The fourth-order valence-electron chi connectivity index (χ4n) is 2.95. The standard InChI is InChI=1S/C22H25N3O2.2ClH/c1-16(20(23)17-8-3-2-4-9-17)22(26)25-14-7-15-27-19-12-5-10-18-11-6-13-24-21(18)19;;/h2-6,8-13,16,20H,7,14-15,23H2,1H3,(H,25,26);2*1H. The van der Waals surface area contributed by atoms with Crippen LogP contribution in [-0.4, -0.2) is 24.0 Å². The van der Waals surface area contributed by atoms with E-state index in [2.05, 4.69) is 10.3 Å². The van der Waals surface area contributed by atoms with Crippen molar-refractivity contribution in [3.8, 4) is 5.75 Å². The lowest BCUT2D eigenvalue weighted by molar-refractivity contribution is -0.125. The van der Waals surface area contributed by atoms with Gasteiger partial charge in [-0.15, -0.1) is 24.8 Å². The number of fused-ring (bicyclic) bond motifs is 1. The minimum absolute atomic E-state index is 0. The second-order valence-electron chi connectivity index (χ2n) is 6.55. The largest absolute Gasteiger partial charge is 0.491 e. The SMILES string of the molecule is CC(C(=O)NCCCOc1cccc2cccnc12)C(N)c1ccccc1.Cl.Cl. The van der Waals surface area contributed by atoms with Crippen LogP contribution in [0.15, 0.2) is 66.9 Å². The molecule has 0 saturated heterocycles. The Labute approximate surface area is 183 Å². The van der Waals surface area contributed by atoms with Gasteiger partial charge in [-0.3, -0.25) is 9.78 Å². The summed E-state index contributed by atoms with van der Waals surface area (Å²) in [6, 6.07) is 19.2. The first-order valence-corrected chi connectivity index (χ1v) is 9.21. The zero-order valence-electron chi connectivity index (χ0n) is 16.3. The Kier molecular flexibility index (Phi) is 10.5. The van der Waals surface area contributed by atoms with Gasteiger partial charge < -0.3 is 15.8 Å². The first-order valence-electron chi connectivity index (χ1n) is 9.21. The van der Waals surface area contributed by atoms with Gasteiger partial charge in [0.2, 0.25) is 5.91 Å². The van der Waals surface area contributed by atoms with Gasteiger partial charge in [0.05, 0.1) is 12.5 Å². The zero-order valence-corrected chi connectivity index (χ0v) is 17.9. The van der Waals surface area contributed by atoms with E-state index < -0.39 is 0 Å². The number of carbonyl (C=O) groups is 1. The predicted molar refractivity (Wildman–Crippen MR) is 122 cm³/mol. The molecule has 0 aliphatic rings. The molecule has 0 aliphatic heterocycles. The number of hydrogen-bond donors (Lipinski definition) is 2. The van der Waals surface area contributed by atoms with E-state index in [0.717, 1.165) is 22.2 Å². The summed E-state index contributed by atoms with van der Waals surface area (Å²) in [6.45, 7) is 2.91. The molecule has 0 spiro atoms. The summed E-state index contributed by atoms with van der Waals surface area (Å²) in [7, 11) is 0. The van der Waals surface area contributed by atoms with Crippen LogP contribution in [0, 0.1) is 5.92 Å². The molecule has 0 bridgehead atoms. The monoisotopic (exact) mass is 435 g/mol. The van der Waals surface area contributed by atoms with Gasteiger partial charge in [0.25, 0.3) is 0 Å². The maximum atomic E-state index is 12.3. The third kappa shape index (κ3) is 6.60. The van der Waals surface area contributed by atoms with Gasteiger partial charge >= 0.3 is 0 Å². The van der Waals surface area contributed by atoms with Gasteiger partial charge in [0.1, 0.15) is 11.3 Å². The molecule has 156 valence electrons. The van der Waals surface area contributed by atoms with Gasteiger partial charge in [-0.2, -0.15) is 0 Å². The Hall–Kier alpha value is -2.34. The van der Waals surface area contributed by atoms with E-state index in [-0.39, 0.29) is 42.7 Å². The molecule has 2 unspecified atom stereocenters. The number of nitrogens with one attached hydrogen (secondary N) is 1. The molecule has 0 radical (unpaired) electrons. The molecule has 5 nitrogen and oxygen atoms in total. The number of carbonyl (C=O) groups excluding carboxylic acids is 1. The highest BCUT2D eigenvalue weighted by Gasteiger charge is 2.21. The highest BCUT2D eigenvalue weighted by atomic mass is 35.5. The number of benzene rings is 2. The van der Waals surface area contributed by atoms with Crippen LogP contribution in [0.3, 0.4) is 0 Å². The molecular weight excluding hydrogens is 409 g/mol. The Morgan fingerprint density at radius 1 is 1.07 bits per heavy atom. The highest BCUT2D eigenvalue weighted by Crippen LogP contribution is 2.23. The van der Waals surface area contributed by atoms with Crippen molar-refractivity contribution in [3.05, 3.63) is 72.4 Å². The molecule has 1 heterocycles. The highest BCUT2D eigenvalue weighted by molar-refractivity contribution is 5.86. The molecule has 1 aromatic heterocycles. The summed E-state index contributed by atoms with van der Waals surface area (Å²) in [6.07, 6.45) is 2.47. The summed E-state index contributed by atoms with van der Waals surface area (Å²) in [5.74, 6) is 0.424. The van der Waals surface area contributed by atoms with Gasteiger partial charge in [0.15, 0.2) is 0 Å². The average Bonchev–Trinajstić information content (AvgIpc) is 2.73. The van der Waals surface area contributed by atoms with Crippen LogP contribution in [0.4, 0.5) is 0 Å². The number of pyridine rings is 1. The number of rotatable bonds is 8. The van der Waals surface area contributed by atoms with E-state index in [1.54, 1.807) is 6.20 Å². The second-order valence-corrected chi connectivity index (χ2v) is 6.55. The van der Waals surface area contributed by atoms with Gasteiger partial charge in [0, 0.05) is 24.2 Å². The lowest BCUT2D eigenvalue weighted by Gasteiger charge is -2.19. The number of nitrogens with zero attached hydrogens (tertiary/aromatic N) is 1. The van der Waals surface area contributed by atoms with E-state index in [9.17, 15) is 4.79 Å². The molecule has 3 aromatic rings. The number of amides is 1. The molecule has 0 fully saturated rings. The third-order valence-corrected chi connectivity index (χ3v) is 4.61. The molecular formula is C22H27Cl2N3O2. The number of nitrogens with two attached hydrogens (primary N) is 1. The fraction of sp³-hybridized carbons (Fsp3) is 0.273. The van der Waals surface area contributed by atoms with E-state index in [1.165, 1.54) is 0 Å². The van der Waals surface area contributed by atoms with Crippen molar-refractivity contribution in [1.29, 1.82) is 0 Å². The van der Waals surface area contributed by atoms with Crippen LogP contribution in [0.5, 0.6) is 5.75 Å². The fourth-order valence-corrected chi connectivity index (χ4v) is 2.95. The Morgan fingerprint density at radius 3 is 2.55 bits per heavy atom. The summed E-state index contributed by atoms with van der Waals surface area (Å²) < 4.78 is 5.84. The zero-order chi connectivity index (χ0) is 19.1. The van der Waals surface area contributed by atoms with Gasteiger partial charge in [-0.25, -0.2) is 0 Å². The average molecular weight is 436 g/mol.